The van der Waals surface area contributed by atoms with Crippen molar-refractivity contribution in [2.24, 2.45) is 5.73 Å². The van der Waals surface area contributed by atoms with Crippen LogP contribution in [0.25, 0.3) is 0 Å². The van der Waals surface area contributed by atoms with Gasteiger partial charge in [-0.1, -0.05) is 176 Å². The lowest BCUT2D eigenvalue weighted by molar-refractivity contribution is -0.120. The van der Waals surface area contributed by atoms with E-state index in [-0.39, 0.29) is 40.2 Å². The third-order valence-corrected chi connectivity index (χ3v) is 24.7. The molecule has 6 aromatic carbocycles. The Bertz CT molecular complexity index is 3760. The number of ketones is 1. The molecule has 1 amide bonds. The van der Waals surface area contributed by atoms with Crippen molar-refractivity contribution >= 4 is 12.2 Å². The van der Waals surface area contributed by atoms with Gasteiger partial charge in [0.05, 0.1) is 101 Å². The number of nitrogens with zero attached hydrogens (tertiary/aromatic N) is 3. The Morgan fingerprint density at radius 1 is 0.383 bits per heavy atom. The molecule has 6 aromatic rings. The topological polar surface area (TPSA) is 268 Å². The Labute approximate surface area is 688 Å². The van der Waals surface area contributed by atoms with Gasteiger partial charge in [-0.3, -0.25) is 9.59 Å². The Morgan fingerprint density at radius 3 is 0.939 bits per heavy atom. The number of methoxy groups -OCH3 is 10. The van der Waals surface area contributed by atoms with Gasteiger partial charge in [-0.2, -0.15) is 15.8 Å². The summed E-state index contributed by atoms with van der Waals surface area (Å²) in [6.07, 6.45) is 34.4. The lowest BCUT2D eigenvalue weighted by Gasteiger charge is -2.43. The van der Waals surface area contributed by atoms with Crippen LogP contribution in [0.4, 0.5) is 0 Å². The van der Waals surface area contributed by atoms with Gasteiger partial charge in [-0.05, 0) is 190 Å². The number of nitrogens with one attached hydrogen (secondary N) is 2. The molecule has 0 radical (unpaired) electrons. The SMILES string of the molecule is CNCC(c1ccc(OC)cc1)C1(OC)CCCCC1.COc1ccc(C(C#N)C2(O)CCCCC2)cc1.COc1ccc(C(C#N)C2(OC)CCCCC2)cc1.COc1ccc(C(CN)C2(OC)CCCCC2)cc1.COc1ccc(C(CNC=O)C2(OC)CCCCC2)cc1.COc1ccc(CC#N)cc1.O=C1CCCCC1. The van der Waals surface area contributed by atoms with E-state index in [0.717, 1.165) is 186 Å². The van der Waals surface area contributed by atoms with E-state index < -0.39 is 11.5 Å². The van der Waals surface area contributed by atoms with E-state index >= 15 is 0 Å². The number of carbonyl (C=O) groups excluding carboxylic acids is 2. The molecule has 5 N–H and O–H groups in total. The van der Waals surface area contributed by atoms with Gasteiger partial charge in [0.1, 0.15) is 46.2 Å². The van der Waals surface area contributed by atoms with Crippen molar-refractivity contribution in [1.29, 1.82) is 15.8 Å². The molecule has 19 heteroatoms. The molecule has 6 saturated carbocycles. The third-order valence-electron chi connectivity index (χ3n) is 24.7. The number of nitrogens with two attached hydrogens (primary N) is 1. The van der Waals surface area contributed by atoms with E-state index in [1.807, 2.05) is 130 Å². The average molecular weight is 1580 g/mol. The van der Waals surface area contributed by atoms with Crippen LogP contribution in [0.15, 0.2) is 146 Å². The standard InChI is InChI=1S/C17H25NO3.C17H27NO2.C16H25NO2.C16H21NO2.C15H19NO2.C9H9NO.C6H10O/c1-20-15-8-6-14(7-9-15)16(12-18-13-19)17(21-2)10-4-3-5-11-17;1-18-13-16(14-7-9-15(19-2)10-8-14)17(20-3)11-5-4-6-12-17;2*1-18-14-8-6-13(7-9-14)15(12-17)16(19-2)10-4-3-5-11-16;1-18-13-7-5-12(6-8-13)14(11-16)15(17)9-3-2-4-10-15;1-11-9-4-2-8(3-5-9)6-7-10;7-6-4-2-1-3-5-6/h6-9,13,16H,3-5,10-12H2,1-2H3,(H,18,19);7-10,16,18H,4-6,11-13H2,1-3H3;6-9,15H,3-5,10-12,17H2,1-2H3;6-9,15H,3-5,10-11H2,1-2H3;5-8,14,17H,2-4,9-10H2,1H3;2-5H,6H2,1H3;1-5H2. The van der Waals surface area contributed by atoms with Gasteiger partial charge < -0.3 is 68.8 Å². The van der Waals surface area contributed by atoms with E-state index in [9.17, 15) is 25.2 Å². The van der Waals surface area contributed by atoms with Crippen LogP contribution in [0.5, 0.6) is 34.5 Å². The minimum atomic E-state index is -0.860. The molecule has 5 unspecified atom stereocenters. The maximum Gasteiger partial charge on any atom is 0.207 e. The van der Waals surface area contributed by atoms with Crippen molar-refractivity contribution in [2.45, 2.75) is 257 Å². The maximum absolute atomic E-state index is 10.7. The van der Waals surface area contributed by atoms with Gasteiger partial charge in [-0.25, -0.2) is 0 Å². The minimum Gasteiger partial charge on any atom is -0.497 e. The molecule has 12 rings (SSSR count). The van der Waals surface area contributed by atoms with Crippen molar-refractivity contribution in [3.63, 3.8) is 0 Å². The highest BCUT2D eigenvalue weighted by Gasteiger charge is 2.45. The third kappa shape index (κ3) is 28.4. The number of likely N-dealkylation sites (N-methyl/N-ethyl adjacent to an activating group) is 1. The van der Waals surface area contributed by atoms with Crippen LogP contribution >= 0.6 is 0 Å². The molecular formula is C96H136N6O13. The summed E-state index contributed by atoms with van der Waals surface area (Å²) in [5.74, 6) is 5.69. The molecule has 0 heterocycles. The van der Waals surface area contributed by atoms with E-state index in [1.165, 1.54) is 87.3 Å². The number of carbonyl (C=O) groups is 2. The molecule has 0 aliphatic heterocycles. The van der Waals surface area contributed by atoms with E-state index in [2.05, 4.69) is 65.2 Å². The summed E-state index contributed by atoms with van der Waals surface area (Å²) in [6, 6.07) is 54.3. The van der Waals surface area contributed by atoms with Crippen LogP contribution in [-0.2, 0) is 35.0 Å². The fourth-order valence-electron chi connectivity index (χ4n) is 17.9. The van der Waals surface area contributed by atoms with Gasteiger partial charge >= 0.3 is 0 Å². The molecule has 6 aliphatic carbocycles. The van der Waals surface area contributed by atoms with Gasteiger partial charge in [0.15, 0.2) is 0 Å². The van der Waals surface area contributed by atoms with Crippen molar-refractivity contribution in [3.05, 3.63) is 179 Å². The summed E-state index contributed by atoms with van der Waals surface area (Å²) in [4.78, 5) is 21.2. The lowest BCUT2D eigenvalue weighted by atomic mass is 9.72. The number of hydrogen-bond donors (Lipinski definition) is 4. The Balaban J connectivity index is 0.000000212. The summed E-state index contributed by atoms with van der Waals surface area (Å²) in [5, 5.41) is 44.2. The first-order valence-corrected chi connectivity index (χ1v) is 41.9. The van der Waals surface area contributed by atoms with Crippen LogP contribution in [0.1, 0.15) is 256 Å². The first kappa shape index (κ1) is 95.3. The fraction of sp³-hybridized carbons (Fsp3) is 0.573. The first-order valence-electron chi connectivity index (χ1n) is 41.9. The quantitative estimate of drug-likeness (QED) is 0.0349. The van der Waals surface area contributed by atoms with Gasteiger partial charge in [0, 0.05) is 78.7 Å². The molecular weight excluding hydrogens is 1450 g/mol. The molecule has 19 nitrogen and oxygen atoms in total. The van der Waals surface area contributed by atoms with E-state index in [4.69, 9.17) is 58.4 Å². The molecule has 5 atom stereocenters. The van der Waals surface area contributed by atoms with Crippen LogP contribution in [0.3, 0.4) is 0 Å². The second-order valence-corrected chi connectivity index (χ2v) is 31.2. The number of ether oxygens (including phenoxy) is 10. The number of rotatable bonds is 27. The Morgan fingerprint density at radius 2 is 0.661 bits per heavy atom. The predicted molar refractivity (Wildman–Crippen MR) is 457 cm³/mol. The zero-order chi connectivity index (χ0) is 83.2. The van der Waals surface area contributed by atoms with Crippen LogP contribution in [0, 0.1) is 34.0 Å². The fourth-order valence-corrected chi connectivity index (χ4v) is 17.9. The number of hydrogen-bond acceptors (Lipinski definition) is 18. The highest BCUT2D eigenvalue weighted by molar-refractivity contribution is 5.78. The highest BCUT2D eigenvalue weighted by Crippen LogP contribution is 2.47. The first-order chi connectivity index (χ1) is 56.0. The largest absolute Gasteiger partial charge is 0.497 e. The predicted octanol–water partition coefficient (Wildman–Crippen LogP) is 19.2. The van der Waals surface area contributed by atoms with Gasteiger partial charge in [0.25, 0.3) is 0 Å². The van der Waals surface area contributed by atoms with Crippen molar-refractivity contribution < 1.29 is 62.1 Å². The monoisotopic (exact) mass is 1580 g/mol. The van der Waals surface area contributed by atoms with Crippen LogP contribution in [0.2, 0.25) is 0 Å². The zero-order valence-electron chi connectivity index (χ0n) is 71.1. The molecule has 0 bridgehead atoms. The second-order valence-electron chi connectivity index (χ2n) is 31.2. The number of nitriles is 3. The second kappa shape index (κ2) is 51.5. The smallest absolute Gasteiger partial charge is 0.207 e. The van der Waals surface area contributed by atoms with E-state index in [1.54, 1.807) is 56.9 Å². The molecule has 628 valence electrons. The number of benzene rings is 6. The zero-order valence-corrected chi connectivity index (χ0v) is 71.1. The molecule has 0 aromatic heterocycles. The highest BCUT2D eigenvalue weighted by atomic mass is 16.5. The molecule has 0 saturated heterocycles. The summed E-state index contributed by atoms with van der Waals surface area (Å²) >= 11 is 0. The van der Waals surface area contributed by atoms with Crippen molar-refractivity contribution in [1.82, 2.24) is 10.6 Å². The molecule has 6 aliphatic rings. The normalized spacial score (nSPS) is 18.6. The number of aliphatic hydroxyl groups is 1. The van der Waals surface area contributed by atoms with Gasteiger partial charge in [0.2, 0.25) is 6.41 Å². The number of Topliss-reactive ketones (excluding diaryl/α,β-unsaturated/α-hetero) is 1. The molecule has 6 fully saturated rings. The summed E-state index contributed by atoms with van der Waals surface area (Å²) in [5.41, 5.74) is 11.3. The Hall–Kier alpha value is -8.55. The summed E-state index contributed by atoms with van der Waals surface area (Å²) in [7, 11) is 19.2. The van der Waals surface area contributed by atoms with Crippen molar-refractivity contribution in [2.75, 3.05) is 97.8 Å². The summed E-state index contributed by atoms with van der Waals surface area (Å²) < 4.78 is 54.7. The Kier molecular flexibility index (Phi) is 42.7. The molecule has 115 heavy (non-hydrogen) atoms. The summed E-state index contributed by atoms with van der Waals surface area (Å²) in [6.45, 7) is 2.17. The maximum atomic E-state index is 10.7. The lowest BCUT2D eigenvalue weighted by Crippen LogP contribution is -2.44. The minimum absolute atomic E-state index is 0.0180. The average Bonchev–Trinajstić information content (AvgIpc) is 0.849. The van der Waals surface area contributed by atoms with Gasteiger partial charge in [-0.15, -0.1) is 0 Å². The van der Waals surface area contributed by atoms with Crippen LogP contribution < -0.4 is 44.8 Å². The van der Waals surface area contributed by atoms with E-state index in [0.29, 0.717) is 31.2 Å². The molecule has 0 spiro atoms. The number of amides is 1. The van der Waals surface area contributed by atoms with Crippen molar-refractivity contribution in [3.8, 4) is 52.7 Å². The van der Waals surface area contributed by atoms with Crippen LogP contribution in [-0.4, -0.2) is 143 Å².